The van der Waals surface area contributed by atoms with Gasteiger partial charge in [0.05, 0.1) is 17.3 Å². The van der Waals surface area contributed by atoms with E-state index < -0.39 is 17.5 Å². The van der Waals surface area contributed by atoms with Crippen molar-refractivity contribution in [2.75, 3.05) is 11.4 Å². The van der Waals surface area contributed by atoms with E-state index in [9.17, 15) is 14.4 Å². The molecule has 0 aromatic heterocycles. The molecule has 2 fully saturated rings. The maximum Gasteiger partial charge on any atom is 0.332 e. The lowest BCUT2D eigenvalue weighted by Crippen LogP contribution is -2.47. The third-order valence-electron chi connectivity index (χ3n) is 5.90. The molecule has 164 valence electrons. The number of imide groups is 1. The first-order valence-electron chi connectivity index (χ1n) is 10.2. The Hall–Kier alpha value is -3.08. The number of amides is 4. The number of carbonyl (C=O) groups is 3. The average molecular weight is 471 g/mol. The van der Waals surface area contributed by atoms with Crippen molar-refractivity contribution in [2.24, 2.45) is 0 Å². The summed E-state index contributed by atoms with van der Waals surface area (Å²) in [5, 5.41) is 12.6. The highest BCUT2D eigenvalue weighted by Crippen LogP contribution is 2.43. The third kappa shape index (κ3) is 3.81. The van der Waals surface area contributed by atoms with E-state index in [1.54, 1.807) is 31.2 Å². The molecule has 1 N–H and O–H groups in total. The van der Waals surface area contributed by atoms with E-state index in [1.165, 1.54) is 23.1 Å². The van der Waals surface area contributed by atoms with Crippen molar-refractivity contribution in [3.63, 3.8) is 0 Å². The molecule has 0 spiro atoms. The molecule has 0 bridgehead atoms. The maximum atomic E-state index is 13.8. The molecule has 4 rings (SSSR count). The van der Waals surface area contributed by atoms with Crippen molar-refractivity contribution in [3.8, 4) is 6.07 Å². The predicted molar refractivity (Wildman–Crippen MR) is 120 cm³/mol. The summed E-state index contributed by atoms with van der Waals surface area (Å²) in [6, 6.07) is 12.8. The van der Waals surface area contributed by atoms with Gasteiger partial charge >= 0.3 is 6.03 Å². The lowest BCUT2D eigenvalue weighted by atomic mass is 9.86. The largest absolute Gasteiger partial charge is 0.351 e. The Kier molecular flexibility index (Phi) is 5.85. The van der Waals surface area contributed by atoms with Gasteiger partial charge in [0.1, 0.15) is 5.54 Å². The molecule has 7 nitrogen and oxygen atoms in total. The minimum absolute atomic E-state index is 0.136. The van der Waals surface area contributed by atoms with Crippen LogP contribution >= 0.6 is 23.2 Å². The van der Waals surface area contributed by atoms with Crippen molar-refractivity contribution < 1.29 is 14.4 Å². The van der Waals surface area contributed by atoms with E-state index in [4.69, 9.17) is 28.5 Å². The van der Waals surface area contributed by atoms with Crippen LogP contribution in [0.4, 0.5) is 10.5 Å². The van der Waals surface area contributed by atoms with Crippen molar-refractivity contribution in [3.05, 3.63) is 63.6 Å². The van der Waals surface area contributed by atoms with Gasteiger partial charge in [0, 0.05) is 41.9 Å². The second-order valence-corrected chi connectivity index (χ2v) is 8.87. The van der Waals surface area contributed by atoms with E-state index in [0.717, 1.165) is 10.5 Å². The minimum Gasteiger partial charge on any atom is -0.351 e. The molecule has 2 atom stereocenters. The van der Waals surface area contributed by atoms with Gasteiger partial charge in [-0.3, -0.25) is 9.59 Å². The number of fused-ring (bicyclic) bond motifs is 1. The van der Waals surface area contributed by atoms with Crippen LogP contribution in [0.3, 0.4) is 0 Å². The van der Waals surface area contributed by atoms with Crippen molar-refractivity contribution in [1.82, 2.24) is 10.2 Å². The second-order valence-electron chi connectivity index (χ2n) is 8.00. The number of nitrogens with one attached hydrogen (secondary N) is 1. The van der Waals surface area contributed by atoms with Gasteiger partial charge in [-0.25, -0.2) is 9.69 Å². The molecule has 2 aromatic carbocycles. The number of hydrogen-bond acceptors (Lipinski definition) is 4. The Morgan fingerprint density at radius 2 is 1.84 bits per heavy atom. The van der Waals surface area contributed by atoms with Gasteiger partial charge in [0.2, 0.25) is 5.91 Å². The lowest BCUT2D eigenvalue weighted by molar-refractivity contribution is -0.124. The highest BCUT2D eigenvalue weighted by atomic mass is 35.5. The fourth-order valence-corrected chi connectivity index (χ4v) is 4.97. The quantitative estimate of drug-likeness (QED) is 0.670. The van der Waals surface area contributed by atoms with Crippen LogP contribution in [0.15, 0.2) is 42.5 Å². The number of nitrogens with zero attached hydrogens (tertiary/aromatic N) is 3. The van der Waals surface area contributed by atoms with Gasteiger partial charge < -0.3 is 10.2 Å². The molecule has 2 saturated heterocycles. The van der Waals surface area contributed by atoms with Gasteiger partial charge in [0.15, 0.2) is 0 Å². The van der Waals surface area contributed by atoms with E-state index in [0.29, 0.717) is 27.7 Å². The van der Waals surface area contributed by atoms with Crippen molar-refractivity contribution in [2.45, 2.75) is 37.8 Å². The highest BCUT2D eigenvalue weighted by molar-refractivity contribution is 6.35. The maximum absolute atomic E-state index is 13.8. The summed E-state index contributed by atoms with van der Waals surface area (Å²) in [5.74, 6) is -0.526. The molecule has 9 heteroatoms. The summed E-state index contributed by atoms with van der Waals surface area (Å²) in [7, 11) is 0. The first-order valence-corrected chi connectivity index (χ1v) is 10.9. The van der Waals surface area contributed by atoms with E-state index in [-0.39, 0.29) is 31.3 Å². The molecule has 0 saturated carbocycles. The molecule has 0 unspecified atom stereocenters. The number of hydrogen-bond donors (Lipinski definition) is 1. The summed E-state index contributed by atoms with van der Waals surface area (Å²) in [4.78, 5) is 41.8. The van der Waals surface area contributed by atoms with E-state index >= 15 is 0 Å². The number of urea groups is 1. The molecular weight excluding hydrogens is 451 g/mol. The summed E-state index contributed by atoms with van der Waals surface area (Å²) >= 11 is 12.2. The van der Waals surface area contributed by atoms with Crippen LogP contribution < -0.4 is 10.2 Å². The Balaban J connectivity index is 1.73. The van der Waals surface area contributed by atoms with Gasteiger partial charge in [0.25, 0.3) is 5.91 Å². The molecule has 0 aliphatic carbocycles. The molecule has 32 heavy (non-hydrogen) atoms. The van der Waals surface area contributed by atoms with Crippen LogP contribution in [-0.4, -0.2) is 40.9 Å². The summed E-state index contributed by atoms with van der Waals surface area (Å²) < 4.78 is 0. The first-order chi connectivity index (χ1) is 15.3. The number of rotatable bonds is 5. The Bertz CT molecular complexity index is 1120. The van der Waals surface area contributed by atoms with Crippen LogP contribution in [0.2, 0.25) is 10.0 Å². The standard InChI is InChI=1S/C23H20Cl2N4O3/c1-2-20(30)27-18-11-23(10-14-3-5-15(12-26)6-4-14)21(31)29(22(32)28(23)13-18)19-8-16(24)7-17(25)9-19/h3-9,18H,2,10-11,13H2,1H3,(H,27,30)/t18-,23-/m0/s1. The summed E-state index contributed by atoms with van der Waals surface area (Å²) in [6.45, 7) is 1.97. The molecule has 2 aliphatic heterocycles. The molecule has 2 heterocycles. The number of benzene rings is 2. The Morgan fingerprint density at radius 3 is 2.44 bits per heavy atom. The topological polar surface area (TPSA) is 93.5 Å². The number of carbonyl (C=O) groups excluding carboxylic acids is 3. The van der Waals surface area contributed by atoms with Crippen LogP contribution in [-0.2, 0) is 16.0 Å². The monoisotopic (exact) mass is 470 g/mol. The Morgan fingerprint density at radius 1 is 1.19 bits per heavy atom. The number of nitriles is 1. The summed E-state index contributed by atoms with van der Waals surface area (Å²) in [5.41, 5.74) is 0.460. The number of halogens is 2. The molecule has 0 radical (unpaired) electrons. The van der Waals surface area contributed by atoms with Gasteiger partial charge in [-0.15, -0.1) is 0 Å². The first kappa shape index (κ1) is 22.1. The van der Waals surface area contributed by atoms with Crippen LogP contribution in [0.1, 0.15) is 30.9 Å². The molecule has 2 aromatic rings. The zero-order chi connectivity index (χ0) is 23.0. The third-order valence-corrected chi connectivity index (χ3v) is 6.33. The normalized spacial score (nSPS) is 22.1. The lowest BCUT2D eigenvalue weighted by Gasteiger charge is -2.28. The zero-order valence-corrected chi connectivity index (χ0v) is 18.8. The van der Waals surface area contributed by atoms with Crippen LogP contribution in [0.5, 0.6) is 0 Å². The summed E-state index contributed by atoms with van der Waals surface area (Å²) in [6.07, 6.45) is 0.856. The zero-order valence-electron chi connectivity index (χ0n) is 17.3. The molecule has 4 amide bonds. The fourth-order valence-electron chi connectivity index (χ4n) is 4.46. The predicted octanol–water partition coefficient (Wildman–Crippen LogP) is 3.91. The van der Waals surface area contributed by atoms with Gasteiger partial charge in [-0.1, -0.05) is 42.3 Å². The van der Waals surface area contributed by atoms with E-state index in [2.05, 4.69) is 11.4 Å². The Labute approximate surface area is 195 Å². The SMILES string of the molecule is CCC(=O)N[C@@H]1CN2C(=O)N(c3cc(Cl)cc(Cl)c3)C(=O)[C@]2(Cc2ccc(C#N)cc2)C1. The van der Waals surface area contributed by atoms with Gasteiger partial charge in [-0.05, 0) is 35.9 Å². The van der Waals surface area contributed by atoms with Crippen molar-refractivity contribution >= 4 is 46.7 Å². The fraction of sp³-hybridized carbons (Fsp3) is 0.304. The minimum atomic E-state index is -1.16. The highest BCUT2D eigenvalue weighted by Gasteiger charge is 2.62. The smallest absolute Gasteiger partial charge is 0.332 e. The molecule has 2 aliphatic rings. The second kappa shape index (κ2) is 8.45. The average Bonchev–Trinajstić information content (AvgIpc) is 3.20. The van der Waals surface area contributed by atoms with Gasteiger partial charge in [-0.2, -0.15) is 5.26 Å². The molecular formula is C23H20Cl2N4O3. The van der Waals surface area contributed by atoms with Crippen molar-refractivity contribution in [1.29, 1.82) is 5.26 Å². The van der Waals surface area contributed by atoms with E-state index in [1.807, 2.05) is 0 Å². The van der Waals surface area contributed by atoms with Crippen LogP contribution in [0.25, 0.3) is 0 Å². The number of anilines is 1. The van der Waals surface area contributed by atoms with Crippen LogP contribution in [0, 0.1) is 11.3 Å².